The molecule has 0 saturated heterocycles. The van der Waals surface area contributed by atoms with Gasteiger partial charge >= 0.3 is 0 Å². The third-order valence-electron chi connectivity index (χ3n) is 3.07. The van der Waals surface area contributed by atoms with Gasteiger partial charge in [-0.05, 0) is 31.5 Å². The van der Waals surface area contributed by atoms with E-state index in [-0.39, 0.29) is 18.6 Å². The van der Waals surface area contributed by atoms with E-state index in [1.54, 1.807) is 0 Å². The van der Waals surface area contributed by atoms with E-state index in [9.17, 15) is 4.79 Å². The lowest BCUT2D eigenvalue weighted by atomic mass is 10.1. The molecule has 3 heteroatoms. The zero-order chi connectivity index (χ0) is 14.4. The van der Waals surface area contributed by atoms with Crippen molar-refractivity contribution in [3.8, 4) is 5.75 Å². The topological polar surface area (TPSA) is 38.3 Å². The average Bonchev–Trinajstić information content (AvgIpc) is 2.47. The van der Waals surface area contributed by atoms with E-state index in [1.165, 1.54) is 5.56 Å². The molecule has 1 amide bonds. The molecule has 0 heterocycles. The molecule has 2 rings (SSSR count). The summed E-state index contributed by atoms with van der Waals surface area (Å²) in [4.78, 5) is 11.8. The molecule has 1 atom stereocenters. The van der Waals surface area contributed by atoms with Crippen molar-refractivity contribution in [1.29, 1.82) is 0 Å². The van der Waals surface area contributed by atoms with Gasteiger partial charge in [0.1, 0.15) is 5.75 Å². The van der Waals surface area contributed by atoms with Gasteiger partial charge in [0.25, 0.3) is 5.91 Å². The van der Waals surface area contributed by atoms with Crippen molar-refractivity contribution in [1.82, 2.24) is 5.32 Å². The highest BCUT2D eigenvalue weighted by Gasteiger charge is 2.09. The molecule has 0 bridgehead atoms. The molecule has 2 aromatic carbocycles. The fraction of sp³-hybridized carbons (Fsp3) is 0.235. The van der Waals surface area contributed by atoms with Crippen molar-refractivity contribution in [3.05, 3.63) is 65.7 Å². The van der Waals surface area contributed by atoms with Crippen LogP contribution in [0.2, 0.25) is 0 Å². The van der Waals surface area contributed by atoms with Crippen LogP contribution in [0.1, 0.15) is 24.1 Å². The van der Waals surface area contributed by atoms with Gasteiger partial charge < -0.3 is 10.1 Å². The molecule has 2 aromatic rings. The number of aryl methyl sites for hydroxylation is 1. The number of hydrogen-bond acceptors (Lipinski definition) is 2. The largest absolute Gasteiger partial charge is 0.484 e. The first-order valence-corrected chi connectivity index (χ1v) is 6.69. The molecule has 0 spiro atoms. The number of nitrogens with one attached hydrogen (secondary N) is 1. The van der Waals surface area contributed by atoms with E-state index in [2.05, 4.69) is 5.32 Å². The number of carbonyl (C=O) groups is 1. The van der Waals surface area contributed by atoms with Gasteiger partial charge in [0, 0.05) is 0 Å². The molecule has 0 saturated carbocycles. The molecule has 3 nitrogen and oxygen atoms in total. The summed E-state index contributed by atoms with van der Waals surface area (Å²) in [5.41, 5.74) is 2.29. The Morgan fingerprint density at radius 2 is 1.75 bits per heavy atom. The average molecular weight is 269 g/mol. The second-order valence-electron chi connectivity index (χ2n) is 4.80. The normalized spacial score (nSPS) is 11.7. The summed E-state index contributed by atoms with van der Waals surface area (Å²) in [7, 11) is 0. The number of benzene rings is 2. The number of ether oxygens (including phenoxy) is 1. The molecule has 0 aliphatic rings. The number of amides is 1. The first-order valence-electron chi connectivity index (χ1n) is 6.69. The second kappa shape index (κ2) is 6.75. The Morgan fingerprint density at radius 3 is 2.40 bits per heavy atom. The predicted molar refractivity (Wildman–Crippen MR) is 79.7 cm³/mol. The predicted octanol–water partition coefficient (Wildman–Crippen LogP) is 3.25. The maximum atomic E-state index is 11.8. The molecule has 20 heavy (non-hydrogen) atoms. The van der Waals surface area contributed by atoms with Crippen molar-refractivity contribution in [2.45, 2.75) is 19.9 Å². The van der Waals surface area contributed by atoms with Crippen LogP contribution in [0.25, 0.3) is 0 Å². The van der Waals surface area contributed by atoms with Gasteiger partial charge in [-0.3, -0.25) is 4.79 Å². The zero-order valence-electron chi connectivity index (χ0n) is 11.8. The van der Waals surface area contributed by atoms with Crippen molar-refractivity contribution < 1.29 is 9.53 Å². The van der Waals surface area contributed by atoms with Crippen LogP contribution >= 0.6 is 0 Å². The van der Waals surface area contributed by atoms with E-state index in [1.807, 2.05) is 68.4 Å². The monoisotopic (exact) mass is 269 g/mol. The fourth-order valence-electron chi connectivity index (χ4n) is 1.89. The SMILES string of the molecule is Cc1ccc(C(C)NC(=O)COc2ccccc2)cc1. The fourth-order valence-corrected chi connectivity index (χ4v) is 1.89. The van der Waals surface area contributed by atoms with Gasteiger partial charge in [-0.25, -0.2) is 0 Å². The molecular formula is C17H19NO2. The summed E-state index contributed by atoms with van der Waals surface area (Å²) < 4.78 is 5.41. The smallest absolute Gasteiger partial charge is 0.258 e. The summed E-state index contributed by atoms with van der Waals surface area (Å²) in [6, 6.07) is 17.4. The Labute approximate surface area is 119 Å². The lowest BCUT2D eigenvalue weighted by Gasteiger charge is -2.15. The van der Waals surface area contributed by atoms with Crippen molar-refractivity contribution >= 4 is 5.91 Å². The van der Waals surface area contributed by atoms with Crippen molar-refractivity contribution in [2.75, 3.05) is 6.61 Å². The van der Waals surface area contributed by atoms with Crippen LogP contribution in [0.3, 0.4) is 0 Å². The first kappa shape index (κ1) is 14.1. The maximum absolute atomic E-state index is 11.8. The van der Waals surface area contributed by atoms with Gasteiger partial charge in [-0.1, -0.05) is 48.0 Å². The number of rotatable bonds is 5. The number of carbonyl (C=O) groups excluding carboxylic acids is 1. The van der Waals surface area contributed by atoms with Gasteiger partial charge in [-0.15, -0.1) is 0 Å². The Balaban J connectivity index is 1.83. The summed E-state index contributed by atoms with van der Waals surface area (Å²) in [6.45, 7) is 4.03. The van der Waals surface area contributed by atoms with E-state index < -0.39 is 0 Å². The summed E-state index contributed by atoms with van der Waals surface area (Å²) >= 11 is 0. The molecule has 1 N–H and O–H groups in total. The minimum absolute atomic E-state index is 0.0255. The number of para-hydroxylation sites is 1. The van der Waals surface area contributed by atoms with Gasteiger partial charge in [0.2, 0.25) is 0 Å². The highest BCUT2D eigenvalue weighted by Crippen LogP contribution is 2.13. The molecular weight excluding hydrogens is 250 g/mol. The Morgan fingerprint density at radius 1 is 1.10 bits per heavy atom. The molecule has 1 unspecified atom stereocenters. The Hall–Kier alpha value is -2.29. The van der Waals surface area contributed by atoms with Crippen LogP contribution in [0.4, 0.5) is 0 Å². The van der Waals surface area contributed by atoms with Crippen LogP contribution in [-0.2, 0) is 4.79 Å². The lowest BCUT2D eigenvalue weighted by Crippen LogP contribution is -2.31. The molecule has 0 radical (unpaired) electrons. The van der Waals surface area contributed by atoms with Gasteiger partial charge in [0.15, 0.2) is 6.61 Å². The lowest BCUT2D eigenvalue weighted by molar-refractivity contribution is -0.123. The van der Waals surface area contributed by atoms with E-state index in [0.717, 1.165) is 5.56 Å². The molecule has 104 valence electrons. The third kappa shape index (κ3) is 4.12. The zero-order valence-corrected chi connectivity index (χ0v) is 11.8. The van der Waals surface area contributed by atoms with E-state index >= 15 is 0 Å². The maximum Gasteiger partial charge on any atom is 0.258 e. The third-order valence-corrected chi connectivity index (χ3v) is 3.07. The van der Waals surface area contributed by atoms with Crippen molar-refractivity contribution in [3.63, 3.8) is 0 Å². The number of hydrogen-bond donors (Lipinski definition) is 1. The molecule has 0 aromatic heterocycles. The van der Waals surface area contributed by atoms with E-state index in [0.29, 0.717) is 5.75 Å². The van der Waals surface area contributed by atoms with Crippen LogP contribution < -0.4 is 10.1 Å². The minimum atomic E-state index is -0.123. The summed E-state index contributed by atoms with van der Waals surface area (Å²) in [5, 5.41) is 2.92. The first-order chi connectivity index (χ1) is 9.65. The van der Waals surface area contributed by atoms with Gasteiger partial charge in [-0.2, -0.15) is 0 Å². The quantitative estimate of drug-likeness (QED) is 0.904. The summed E-state index contributed by atoms with van der Waals surface area (Å²) in [6.07, 6.45) is 0. The minimum Gasteiger partial charge on any atom is -0.484 e. The standard InChI is InChI=1S/C17H19NO2/c1-13-8-10-15(11-9-13)14(2)18-17(19)12-20-16-6-4-3-5-7-16/h3-11,14H,12H2,1-2H3,(H,18,19). The molecule has 0 aliphatic carbocycles. The highest BCUT2D eigenvalue weighted by molar-refractivity contribution is 5.78. The van der Waals surface area contributed by atoms with Crippen LogP contribution in [0.15, 0.2) is 54.6 Å². The van der Waals surface area contributed by atoms with Crippen LogP contribution in [0.5, 0.6) is 5.75 Å². The van der Waals surface area contributed by atoms with E-state index in [4.69, 9.17) is 4.74 Å². The highest BCUT2D eigenvalue weighted by atomic mass is 16.5. The Bertz CT molecular complexity index is 549. The van der Waals surface area contributed by atoms with Gasteiger partial charge in [0.05, 0.1) is 6.04 Å². The van der Waals surface area contributed by atoms with Crippen molar-refractivity contribution in [2.24, 2.45) is 0 Å². The summed E-state index contributed by atoms with van der Waals surface area (Å²) in [5.74, 6) is 0.576. The second-order valence-corrected chi connectivity index (χ2v) is 4.80. The Kier molecular flexibility index (Phi) is 4.77. The molecule has 0 fully saturated rings. The molecule has 0 aliphatic heterocycles. The van der Waals surface area contributed by atoms with Crippen LogP contribution in [0, 0.1) is 6.92 Å². The van der Waals surface area contributed by atoms with Crippen LogP contribution in [-0.4, -0.2) is 12.5 Å².